The molecule has 0 saturated carbocycles. The first kappa shape index (κ1) is 23.3. The van der Waals surface area contributed by atoms with Crippen LogP contribution in [0.25, 0.3) is 5.69 Å². The van der Waals surface area contributed by atoms with Crippen LogP contribution >= 0.6 is 23.4 Å². The van der Waals surface area contributed by atoms with Gasteiger partial charge >= 0.3 is 6.36 Å². The van der Waals surface area contributed by atoms with E-state index in [4.69, 9.17) is 11.6 Å². The number of aromatic nitrogens is 4. The maximum atomic E-state index is 12.5. The van der Waals surface area contributed by atoms with Gasteiger partial charge in [0.1, 0.15) is 5.75 Å². The Labute approximate surface area is 186 Å². The molecule has 1 amide bonds. The summed E-state index contributed by atoms with van der Waals surface area (Å²) in [7, 11) is 0. The molecule has 3 rings (SSSR count). The molecule has 0 aliphatic carbocycles. The molecule has 0 aliphatic rings. The van der Waals surface area contributed by atoms with E-state index in [9.17, 15) is 28.1 Å². The van der Waals surface area contributed by atoms with Crippen molar-refractivity contribution in [2.75, 3.05) is 5.32 Å². The number of tetrazole rings is 1. The fourth-order valence-corrected chi connectivity index (χ4v) is 3.40. The molecule has 0 bridgehead atoms. The fraction of sp³-hybridized carbons (Fsp3) is 0.176. The van der Waals surface area contributed by atoms with Gasteiger partial charge < -0.3 is 10.1 Å². The van der Waals surface area contributed by atoms with Crippen LogP contribution in [0.5, 0.6) is 5.75 Å². The molecule has 15 heteroatoms. The molecule has 32 heavy (non-hydrogen) atoms. The normalized spacial score (nSPS) is 12.3. The molecule has 0 aliphatic heterocycles. The molecule has 0 radical (unpaired) electrons. The zero-order valence-corrected chi connectivity index (χ0v) is 17.5. The Hall–Kier alpha value is -3.39. The van der Waals surface area contributed by atoms with E-state index >= 15 is 0 Å². The standard InChI is InChI=1S/C17H12ClF3N6O4S/c1-9(15(28)22-14-7-4-11(27(29)30)8-13(14)18)32-16-23-24-25-26(16)10-2-5-12(6-3-10)31-17(19,20)21/h2-9H,1H3,(H,22,28). The zero-order chi connectivity index (χ0) is 23.5. The number of carbonyl (C=O) groups excluding carboxylic acids is 1. The number of non-ortho nitro benzene ring substituents is 1. The molecule has 3 aromatic rings. The van der Waals surface area contributed by atoms with Gasteiger partial charge in [-0.2, -0.15) is 4.68 Å². The number of nitrogens with one attached hydrogen (secondary N) is 1. The number of rotatable bonds is 7. The first-order chi connectivity index (χ1) is 15.0. The van der Waals surface area contributed by atoms with E-state index in [0.29, 0.717) is 5.69 Å². The van der Waals surface area contributed by atoms with Crippen LogP contribution in [0.3, 0.4) is 0 Å². The van der Waals surface area contributed by atoms with Gasteiger partial charge in [0.05, 0.1) is 26.6 Å². The average molecular weight is 489 g/mol. The number of nitrogens with zero attached hydrogens (tertiary/aromatic N) is 5. The van der Waals surface area contributed by atoms with Crippen LogP contribution in [0, 0.1) is 10.1 Å². The van der Waals surface area contributed by atoms with Crippen molar-refractivity contribution >= 4 is 40.6 Å². The summed E-state index contributed by atoms with van der Waals surface area (Å²) < 4.78 is 41.9. The molecule has 1 atom stereocenters. The number of halogens is 4. The van der Waals surface area contributed by atoms with Crippen LogP contribution in [0.2, 0.25) is 5.02 Å². The van der Waals surface area contributed by atoms with Gasteiger partial charge in [0.15, 0.2) is 0 Å². The Morgan fingerprint density at radius 3 is 2.56 bits per heavy atom. The first-order valence-electron chi connectivity index (χ1n) is 8.59. The van der Waals surface area contributed by atoms with Crippen molar-refractivity contribution in [3.8, 4) is 11.4 Å². The maximum absolute atomic E-state index is 12.5. The maximum Gasteiger partial charge on any atom is 0.573 e. The van der Waals surface area contributed by atoms with Crippen molar-refractivity contribution < 1.29 is 27.6 Å². The van der Waals surface area contributed by atoms with Crippen molar-refractivity contribution in [3.05, 3.63) is 57.6 Å². The van der Waals surface area contributed by atoms with Gasteiger partial charge in [0.25, 0.3) is 5.69 Å². The van der Waals surface area contributed by atoms with E-state index in [0.717, 1.165) is 30.0 Å². The summed E-state index contributed by atoms with van der Waals surface area (Å²) in [5.41, 5.74) is 0.314. The minimum atomic E-state index is -4.81. The fourth-order valence-electron chi connectivity index (χ4n) is 2.37. The van der Waals surface area contributed by atoms with E-state index in [1.165, 1.54) is 28.9 Å². The molecule has 0 fully saturated rings. The second kappa shape index (κ2) is 9.40. The molecular weight excluding hydrogens is 477 g/mol. The van der Waals surface area contributed by atoms with Gasteiger partial charge in [0.2, 0.25) is 11.1 Å². The molecule has 0 spiro atoms. The van der Waals surface area contributed by atoms with Gasteiger partial charge in [-0.1, -0.05) is 23.4 Å². The summed E-state index contributed by atoms with van der Waals surface area (Å²) in [6.45, 7) is 1.57. The number of nitro groups is 1. The number of anilines is 1. The third-order valence-corrected chi connectivity index (χ3v) is 5.17. The lowest BCUT2D eigenvalue weighted by atomic mass is 10.2. The Morgan fingerprint density at radius 1 is 1.28 bits per heavy atom. The Kier molecular flexibility index (Phi) is 6.84. The van der Waals surface area contributed by atoms with Crippen LogP contribution in [-0.2, 0) is 4.79 Å². The summed E-state index contributed by atoms with van der Waals surface area (Å²) >= 11 is 6.96. The molecule has 168 valence electrons. The number of hydrogen-bond donors (Lipinski definition) is 1. The van der Waals surface area contributed by atoms with E-state index in [2.05, 4.69) is 25.6 Å². The summed E-state index contributed by atoms with van der Waals surface area (Å²) in [4.78, 5) is 22.7. The minimum absolute atomic E-state index is 0.00394. The van der Waals surface area contributed by atoms with Crippen molar-refractivity contribution in [2.24, 2.45) is 0 Å². The molecule has 10 nitrogen and oxygen atoms in total. The first-order valence-corrected chi connectivity index (χ1v) is 9.85. The number of benzene rings is 2. The summed E-state index contributed by atoms with van der Waals surface area (Å²) in [6, 6.07) is 8.47. The number of carbonyl (C=O) groups is 1. The van der Waals surface area contributed by atoms with Crippen molar-refractivity contribution in [1.82, 2.24) is 20.2 Å². The second-order valence-corrected chi connectivity index (χ2v) is 7.80. The van der Waals surface area contributed by atoms with Gasteiger partial charge in [-0.15, -0.1) is 18.3 Å². The summed E-state index contributed by atoms with van der Waals surface area (Å²) in [6.07, 6.45) is -4.81. The van der Waals surface area contributed by atoms with E-state index in [1.807, 2.05) is 0 Å². The molecule has 1 N–H and O–H groups in total. The number of alkyl halides is 3. The molecule has 0 saturated heterocycles. The third kappa shape index (κ3) is 5.85. The predicted molar refractivity (Wildman–Crippen MR) is 108 cm³/mol. The van der Waals surface area contributed by atoms with Crippen molar-refractivity contribution in [2.45, 2.75) is 23.7 Å². The van der Waals surface area contributed by atoms with Crippen LogP contribution in [0.15, 0.2) is 47.6 Å². The second-order valence-electron chi connectivity index (χ2n) is 6.09. The third-order valence-electron chi connectivity index (χ3n) is 3.83. The lowest BCUT2D eigenvalue weighted by Gasteiger charge is -2.13. The summed E-state index contributed by atoms with van der Waals surface area (Å²) in [5.74, 6) is -0.884. The van der Waals surface area contributed by atoms with Crippen molar-refractivity contribution in [1.29, 1.82) is 0 Å². The van der Waals surface area contributed by atoms with Crippen LogP contribution in [-0.4, -0.2) is 42.7 Å². The van der Waals surface area contributed by atoms with Crippen molar-refractivity contribution in [3.63, 3.8) is 0 Å². The topological polar surface area (TPSA) is 125 Å². The lowest BCUT2D eigenvalue weighted by molar-refractivity contribution is -0.384. The number of nitro benzene ring substituents is 1. The zero-order valence-electron chi connectivity index (χ0n) is 15.9. The number of ether oxygens (including phenoxy) is 1. The molecular formula is C17H12ClF3N6O4S. The predicted octanol–water partition coefficient (Wildman–Crippen LogP) is 4.24. The number of amides is 1. The number of hydrogen-bond acceptors (Lipinski definition) is 8. The monoisotopic (exact) mass is 488 g/mol. The highest BCUT2D eigenvalue weighted by Gasteiger charge is 2.31. The van der Waals surface area contributed by atoms with Crippen LogP contribution in [0.1, 0.15) is 6.92 Å². The highest BCUT2D eigenvalue weighted by molar-refractivity contribution is 8.00. The Morgan fingerprint density at radius 2 is 1.97 bits per heavy atom. The van der Waals surface area contributed by atoms with E-state index < -0.39 is 28.2 Å². The van der Waals surface area contributed by atoms with Gasteiger partial charge in [0, 0.05) is 12.1 Å². The van der Waals surface area contributed by atoms with Gasteiger partial charge in [-0.3, -0.25) is 14.9 Å². The van der Waals surface area contributed by atoms with Gasteiger partial charge in [-0.25, -0.2) is 0 Å². The molecule has 1 aromatic heterocycles. The van der Waals surface area contributed by atoms with Gasteiger partial charge in [-0.05, 0) is 47.7 Å². The number of thioether (sulfide) groups is 1. The largest absolute Gasteiger partial charge is 0.573 e. The highest BCUT2D eigenvalue weighted by atomic mass is 35.5. The average Bonchev–Trinajstić information content (AvgIpc) is 3.16. The minimum Gasteiger partial charge on any atom is -0.406 e. The lowest BCUT2D eigenvalue weighted by Crippen LogP contribution is -2.23. The smallest absolute Gasteiger partial charge is 0.406 e. The molecule has 1 unspecified atom stereocenters. The molecule has 2 aromatic carbocycles. The highest BCUT2D eigenvalue weighted by Crippen LogP contribution is 2.29. The summed E-state index contributed by atoms with van der Waals surface area (Å²) in [5, 5.41) is 24.0. The van der Waals surface area contributed by atoms with Crippen LogP contribution in [0.4, 0.5) is 24.5 Å². The molecule has 1 heterocycles. The van der Waals surface area contributed by atoms with E-state index in [1.54, 1.807) is 6.92 Å². The van der Waals surface area contributed by atoms with Crippen LogP contribution < -0.4 is 10.1 Å². The van der Waals surface area contributed by atoms with E-state index in [-0.39, 0.29) is 21.6 Å². The Bertz CT molecular complexity index is 1140. The quantitative estimate of drug-likeness (QED) is 0.297. The Balaban J connectivity index is 1.69. The SMILES string of the molecule is CC(Sc1nnnn1-c1ccc(OC(F)(F)F)cc1)C(=O)Nc1ccc([N+](=O)[O-])cc1Cl.